The number of carboxylic acids is 1. The van der Waals surface area contributed by atoms with Gasteiger partial charge in [0.25, 0.3) is 0 Å². The lowest BCUT2D eigenvalue weighted by Gasteiger charge is -2.04. The molecule has 0 unspecified atom stereocenters. The Labute approximate surface area is 100 Å². The number of amidine groups is 1. The Kier molecular flexibility index (Phi) is 5.16. The van der Waals surface area contributed by atoms with Gasteiger partial charge in [0.15, 0.2) is 0 Å². The maximum atomic E-state index is 10.5. The van der Waals surface area contributed by atoms with Crippen LogP contribution in [-0.4, -0.2) is 29.5 Å². The third-order valence-corrected chi connectivity index (χ3v) is 2.34. The third-order valence-electron chi connectivity index (χ3n) is 2.34. The summed E-state index contributed by atoms with van der Waals surface area (Å²) in [7, 11) is 0. The summed E-state index contributed by atoms with van der Waals surface area (Å²) in [4.78, 5) is 14.6. The highest BCUT2D eigenvalue weighted by atomic mass is 16.4. The number of nitrogens with zero attached hydrogens (tertiary/aromatic N) is 1. The molecule has 0 spiro atoms. The van der Waals surface area contributed by atoms with Crippen LogP contribution >= 0.6 is 0 Å². The summed E-state index contributed by atoms with van der Waals surface area (Å²) in [6.45, 7) is 0.488. The highest BCUT2D eigenvalue weighted by molar-refractivity contribution is 5.97. The zero-order valence-corrected chi connectivity index (χ0v) is 9.54. The van der Waals surface area contributed by atoms with Gasteiger partial charge in [-0.15, -0.1) is 0 Å². The van der Waals surface area contributed by atoms with Crippen molar-refractivity contribution in [1.82, 2.24) is 0 Å². The van der Waals surface area contributed by atoms with E-state index in [-0.39, 0.29) is 0 Å². The number of carbonyl (C=O) groups is 1. The minimum atomic E-state index is -0.981. The molecule has 92 valence electrons. The van der Waals surface area contributed by atoms with Crippen LogP contribution in [0.25, 0.3) is 0 Å². The van der Waals surface area contributed by atoms with Crippen LogP contribution < -0.4 is 11.5 Å². The van der Waals surface area contributed by atoms with Crippen molar-refractivity contribution in [3.05, 3.63) is 35.9 Å². The second-order valence-electron chi connectivity index (χ2n) is 3.72. The first-order chi connectivity index (χ1) is 8.11. The van der Waals surface area contributed by atoms with Crippen molar-refractivity contribution in [1.29, 1.82) is 0 Å². The summed E-state index contributed by atoms with van der Waals surface area (Å²) in [6.07, 6.45) is 1.02. The van der Waals surface area contributed by atoms with E-state index in [4.69, 9.17) is 16.6 Å². The molecule has 0 radical (unpaired) electrons. The molecule has 0 saturated heterocycles. The van der Waals surface area contributed by atoms with Crippen LogP contribution in [0.1, 0.15) is 18.4 Å². The molecule has 5 heteroatoms. The molecule has 0 aliphatic carbocycles. The Morgan fingerprint density at radius 3 is 2.59 bits per heavy atom. The Bertz CT molecular complexity index is 390. The van der Waals surface area contributed by atoms with Crippen molar-refractivity contribution in [2.45, 2.75) is 18.9 Å². The number of aliphatic carboxylic acids is 1. The van der Waals surface area contributed by atoms with E-state index in [0.717, 1.165) is 5.56 Å². The summed E-state index contributed by atoms with van der Waals surface area (Å²) < 4.78 is 0. The van der Waals surface area contributed by atoms with Gasteiger partial charge in [0, 0.05) is 12.1 Å². The molecule has 0 amide bonds. The molecule has 0 heterocycles. The number of rotatable bonds is 6. The Hall–Kier alpha value is -1.88. The van der Waals surface area contributed by atoms with E-state index in [0.29, 0.717) is 25.2 Å². The molecule has 17 heavy (non-hydrogen) atoms. The van der Waals surface area contributed by atoms with Crippen LogP contribution in [-0.2, 0) is 4.79 Å². The summed E-state index contributed by atoms with van der Waals surface area (Å²) in [5.74, 6) is -0.514. The first kappa shape index (κ1) is 13.2. The third kappa shape index (κ3) is 4.65. The summed E-state index contributed by atoms with van der Waals surface area (Å²) in [5.41, 5.74) is 12.0. The second kappa shape index (κ2) is 6.65. The number of hydrogen-bond donors (Lipinski definition) is 3. The number of nitrogens with two attached hydrogens (primary N) is 2. The summed E-state index contributed by atoms with van der Waals surface area (Å²) >= 11 is 0. The standard InChI is InChI=1S/C12H17N3O2/c13-10(12(16)17)7-4-8-15-11(14)9-5-2-1-3-6-9/h1-3,5-6,10H,4,7-8,13H2,(H2,14,15)(H,16,17)/t10-/m0/s1. The van der Waals surface area contributed by atoms with Crippen LogP contribution in [0.3, 0.4) is 0 Å². The predicted molar refractivity (Wildman–Crippen MR) is 66.9 cm³/mol. The average molecular weight is 235 g/mol. The van der Waals surface area contributed by atoms with Gasteiger partial charge in [-0.25, -0.2) is 0 Å². The number of hydrogen-bond acceptors (Lipinski definition) is 3. The number of aliphatic imine (C=N–C) groups is 1. The molecule has 0 aliphatic heterocycles. The molecule has 1 aromatic carbocycles. The van der Waals surface area contributed by atoms with E-state index < -0.39 is 12.0 Å². The fourth-order valence-electron chi connectivity index (χ4n) is 1.33. The second-order valence-corrected chi connectivity index (χ2v) is 3.72. The molecule has 0 fully saturated rings. The first-order valence-electron chi connectivity index (χ1n) is 5.45. The van der Waals surface area contributed by atoms with E-state index in [1.54, 1.807) is 0 Å². The van der Waals surface area contributed by atoms with Gasteiger partial charge in [0.2, 0.25) is 0 Å². The van der Waals surface area contributed by atoms with E-state index in [2.05, 4.69) is 4.99 Å². The van der Waals surface area contributed by atoms with Crippen LogP contribution in [0.15, 0.2) is 35.3 Å². The lowest BCUT2D eigenvalue weighted by atomic mass is 10.1. The Morgan fingerprint density at radius 2 is 2.00 bits per heavy atom. The zero-order valence-electron chi connectivity index (χ0n) is 9.54. The van der Waals surface area contributed by atoms with Gasteiger partial charge in [0.1, 0.15) is 11.9 Å². The van der Waals surface area contributed by atoms with Gasteiger partial charge in [-0.1, -0.05) is 30.3 Å². The SMILES string of the molecule is NC(=NCCC[C@H](N)C(=O)O)c1ccccc1. The molecular formula is C12H17N3O2. The fraction of sp³-hybridized carbons (Fsp3) is 0.333. The van der Waals surface area contributed by atoms with Gasteiger partial charge in [0.05, 0.1) is 0 Å². The highest BCUT2D eigenvalue weighted by Crippen LogP contribution is 2.00. The van der Waals surface area contributed by atoms with Crippen LogP contribution in [0.2, 0.25) is 0 Å². The van der Waals surface area contributed by atoms with E-state index in [1.165, 1.54) is 0 Å². The molecule has 5 nitrogen and oxygen atoms in total. The van der Waals surface area contributed by atoms with Gasteiger partial charge >= 0.3 is 5.97 Å². The lowest BCUT2D eigenvalue weighted by molar-refractivity contribution is -0.138. The quantitative estimate of drug-likeness (QED) is 0.381. The monoisotopic (exact) mass is 235 g/mol. The fourth-order valence-corrected chi connectivity index (χ4v) is 1.33. The molecule has 1 atom stereocenters. The van der Waals surface area contributed by atoms with Crippen LogP contribution in [0, 0.1) is 0 Å². The summed E-state index contributed by atoms with van der Waals surface area (Å²) in [6, 6.07) is 8.62. The van der Waals surface area contributed by atoms with Crippen LogP contribution in [0.4, 0.5) is 0 Å². The van der Waals surface area contributed by atoms with Crippen LogP contribution in [0.5, 0.6) is 0 Å². The molecular weight excluding hydrogens is 218 g/mol. The van der Waals surface area contributed by atoms with E-state index in [9.17, 15) is 4.79 Å². The minimum absolute atomic E-state index is 0.404. The first-order valence-corrected chi connectivity index (χ1v) is 5.45. The Morgan fingerprint density at radius 1 is 1.35 bits per heavy atom. The van der Waals surface area contributed by atoms with Crippen molar-refractivity contribution in [3.8, 4) is 0 Å². The van der Waals surface area contributed by atoms with Crippen molar-refractivity contribution in [3.63, 3.8) is 0 Å². The molecule has 0 aliphatic rings. The van der Waals surface area contributed by atoms with Crippen molar-refractivity contribution in [2.75, 3.05) is 6.54 Å². The minimum Gasteiger partial charge on any atom is -0.480 e. The normalized spacial score (nSPS) is 13.4. The maximum Gasteiger partial charge on any atom is 0.320 e. The molecule has 0 aromatic heterocycles. The Balaban J connectivity index is 2.37. The molecule has 0 saturated carbocycles. The average Bonchev–Trinajstić information content (AvgIpc) is 2.35. The van der Waals surface area contributed by atoms with E-state index in [1.807, 2.05) is 30.3 Å². The molecule has 1 rings (SSSR count). The van der Waals surface area contributed by atoms with Gasteiger partial charge < -0.3 is 16.6 Å². The largest absolute Gasteiger partial charge is 0.480 e. The van der Waals surface area contributed by atoms with Gasteiger partial charge in [-0.3, -0.25) is 9.79 Å². The van der Waals surface area contributed by atoms with E-state index >= 15 is 0 Å². The van der Waals surface area contributed by atoms with Gasteiger partial charge in [-0.2, -0.15) is 0 Å². The maximum absolute atomic E-state index is 10.5. The molecule has 1 aromatic rings. The smallest absolute Gasteiger partial charge is 0.320 e. The summed E-state index contributed by atoms with van der Waals surface area (Å²) in [5, 5.41) is 8.58. The topological polar surface area (TPSA) is 102 Å². The van der Waals surface area contributed by atoms with Crippen molar-refractivity contribution in [2.24, 2.45) is 16.5 Å². The zero-order chi connectivity index (χ0) is 12.7. The van der Waals surface area contributed by atoms with Gasteiger partial charge in [-0.05, 0) is 12.8 Å². The molecule has 0 bridgehead atoms. The number of carboxylic acid groups (broad SMARTS) is 1. The lowest BCUT2D eigenvalue weighted by Crippen LogP contribution is -2.30. The van der Waals surface area contributed by atoms with Crippen molar-refractivity contribution < 1.29 is 9.90 Å². The predicted octanol–water partition coefficient (Wildman–Crippen LogP) is 0.584. The molecule has 5 N–H and O–H groups in total. The highest BCUT2D eigenvalue weighted by Gasteiger charge is 2.09. The number of benzene rings is 1. The van der Waals surface area contributed by atoms with Crippen molar-refractivity contribution >= 4 is 11.8 Å².